The molecular weight excluding hydrogens is 432 g/mol. The van der Waals surface area contributed by atoms with Gasteiger partial charge < -0.3 is 16.2 Å². The first-order chi connectivity index (χ1) is 15.0. The molecule has 0 radical (unpaired) electrons. The molecule has 0 saturated carbocycles. The molecule has 0 spiro atoms. The fourth-order valence-corrected chi connectivity index (χ4v) is 4.81. The molecule has 0 amide bonds. The van der Waals surface area contributed by atoms with Gasteiger partial charge in [-0.1, -0.05) is 6.07 Å². The van der Waals surface area contributed by atoms with Crippen LogP contribution in [0.3, 0.4) is 0 Å². The van der Waals surface area contributed by atoms with E-state index in [1.165, 1.54) is 14.6 Å². The van der Waals surface area contributed by atoms with Crippen LogP contribution in [0.2, 0.25) is 0 Å². The number of nitrogens with zero attached hydrogens (tertiary/aromatic N) is 3. The number of carbonyl (C=O) groups is 1. The predicted molar refractivity (Wildman–Crippen MR) is 126 cm³/mol. The molecule has 0 aliphatic carbocycles. The van der Waals surface area contributed by atoms with E-state index in [-0.39, 0.29) is 5.95 Å². The zero-order valence-corrected chi connectivity index (χ0v) is 18.0. The maximum atomic E-state index is 9.00. The van der Waals surface area contributed by atoms with E-state index >= 15 is 0 Å². The van der Waals surface area contributed by atoms with Crippen LogP contribution in [-0.2, 0) is 4.79 Å². The molecule has 31 heavy (non-hydrogen) atoms. The Balaban J connectivity index is 0.000000535. The molecule has 1 aromatic carbocycles. The van der Waals surface area contributed by atoms with Crippen molar-refractivity contribution in [2.24, 2.45) is 0 Å². The van der Waals surface area contributed by atoms with Gasteiger partial charge in [-0.25, -0.2) is 4.98 Å². The van der Waals surface area contributed by atoms with Crippen molar-refractivity contribution in [2.75, 3.05) is 11.1 Å². The lowest BCUT2D eigenvalue weighted by Crippen LogP contribution is -1.99. The predicted octanol–water partition coefficient (Wildman–Crippen LogP) is 5.23. The Bertz CT molecular complexity index is 1320. The number of carboxylic acids is 1. The minimum atomic E-state index is -0.833. The quantitative estimate of drug-likeness (QED) is 0.295. The molecule has 5 aromatic rings. The van der Waals surface area contributed by atoms with Crippen LogP contribution in [0.4, 0.5) is 17.5 Å². The molecule has 0 saturated heterocycles. The summed E-state index contributed by atoms with van der Waals surface area (Å²) in [7, 11) is 0. The van der Waals surface area contributed by atoms with Gasteiger partial charge in [0.1, 0.15) is 5.82 Å². The van der Waals surface area contributed by atoms with Crippen molar-refractivity contribution in [3.05, 3.63) is 60.2 Å². The van der Waals surface area contributed by atoms with Gasteiger partial charge >= 0.3 is 0 Å². The highest BCUT2D eigenvalue weighted by Crippen LogP contribution is 2.40. The van der Waals surface area contributed by atoms with E-state index in [1.54, 1.807) is 34.9 Å². The SMILES string of the molecule is CC(=O)O.Nc1nccc(Nc2cc(-c3ccc(-c4cccs4)s3)c3[nH]ncc3c2)n1. The zero-order valence-electron chi connectivity index (χ0n) is 16.4. The number of nitrogen functional groups attached to an aromatic ring is 1. The number of fused-ring (bicyclic) bond motifs is 1. The second kappa shape index (κ2) is 8.94. The number of aromatic nitrogens is 4. The summed E-state index contributed by atoms with van der Waals surface area (Å²) < 4.78 is 0. The number of aliphatic carboxylic acids is 1. The van der Waals surface area contributed by atoms with E-state index in [1.807, 2.05) is 12.3 Å². The van der Waals surface area contributed by atoms with Gasteiger partial charge in [0.15, 0.2) is 0 Å². The lowest BCUT2D eigenvalue weighted by molar-refractivity contribution is -0.134. The highest BCUT2D eigenvalue weighted by atomic mass is 32.1. The molecule has 0 unspecified atom stereocenters. The Hall–Kier alpha value is -3.76. The number of anilines is 3. The number of aromatic amines is 1. The van der Waals surface area contributed by atoms with Crippen LogP contribution in [0.5, 0.6) is 0 Å². The molecule has 0 fully saturated rings. The smallest absolute Gasteiger partial charge is 0.300 e. The first kappa shape index (κ1) is 20.5. The zero-order chi connectivity index (χ0) is 21.8. The van der Waals surface area contributed by atoms with Gasteiger partial charge in [-0.15, -0.1) is 22.7 Å². The van der Waals surface area contributed by atoms with Crippen molar-refractivity contribution in [1.29, 1.82) is 0 Å². The number of thiophene rings is 2. The maximum Gasteiger partial charge on any atom is 0.300 e. The van der Waals surface area contributed by atoms with Crippen molar-refractivity contribution in [3.63, 3.8) is 0 Å². The van der Waals surface area contributed by atoms with Gasteiger partial charge in [0.25, 0.3) is 5.97 Å². The van der Waals surface area contributed by atoms with Gasteiger partial charge in [0.2, 0.25) is 5.95 Å². The second-order valence-corrected chi connectivity index (χ2v) is 8.47. The summed E-state index contributed by atoms with van der Waals surface area (Å²) in [5.41, 5.74) is 8.72. The Kier molecular flexibility index (Phi) is 5.92. The van der Waals surface area contributed by atoms with Crippen molar-refractivity contribution in [1.82, 2.24) is 20.2 Å². The number of benzene rings is 1. The van der Waals surface area contributed by atoms with E-state index in [9.17, 15) is 0 Å². The Morgan fingerprint density at radius 1 is 1.16 bits per heavy atom. The van der Waals surface area contributed by atoms with Crippen LogP contribution >= 0.6 is 22.7 Å². The highest BCUT2D eigenvalue weighted by Gasteiger charge is 2.12. The Morgan fingerprint density at radius 2 is 1.97 bits per heavy atom. The molecule has 5 rings (SSSR count). The van der Waals surface area contributed by atoms with Crippen LogP contribution in [0, 0.1) is 0 Å². The van der Waals surface area contributed by atoms with Gasteiger partial charge in [0, 0.05) is 44.4 Å². The topological polar surface area (TPSA) is 130 Å². The fourth-order valence-electron chi connectivity index (χ4n) is 2.95. The van der Waals surface area contributed by atoms with Crippen LogP contribution in [0.1, 0.15) is 6.92 Å². The molecule has 5 N–H and O–H groups in total. The summed E-state index contributed by atoms with van der Waals surface area (Å²) in [5, 5.41) is 21.2. The molecule has 4 aromatic heterocycles. The fraction of sp³-hybridized carbons (Fsp3) is 0.0476. The Morgan fingerprint density at radius 3 is 2.71 bits per heavy atom. The third-order valence-corrected chi connectivity index (χ3v) is 6.32. The number of hydrogen-bond donors (Lipinski definition) is 4. The van der Waals surface area contributed by atoms with E-state index in [0.29, 0.717) is 5.82 Å². The molecular formula is C21H18N6O2S2. The number of hydrogen-bond acceptors (Lipinski definition) is 8. The summed E-state index contributed by atoms with van der Waals surface area (Å²) in [4.78, 5) is 20.9. The van der Waals surface area contributed by atoms with Crippen LogP contribution < -0.4 is 11.1 Å². The molecule has 0 bridgehead atoms. The molecule has 156 valence electrons. The Labute approximate surface area is 185 Å². The van der Waals surface area contributed by atoms with Crippen LogP contribution in [-0.4, -0.2) is 31.2 Å². The van der Waals surface area contributed by atoms with Crippen LogP contribution in [0.25, 0.3) is 31.1 Å². The average Bonchev–Trinajstić information content (AvgIpc) is 3.47. The molecule has 0 aliphatic rings. The van der Waals surface area contributed by atoms with E-state index < -0.39 is 5.97 Å². The number of nitrogens with two attached hydrogens (primary N) is 1. The normalized spacial score (nSPS) is 10.5. The number of H-pyrrole nitrogens is 1. The van der Waals surface area contributed by atoms with E-state index in [2.05, 4.69) is 61.2 Å². The lowest BCUT2D eigenvalue weighted by Gasteiger charge is -2.09. The van der Waals surface area contributed by atoms with Crippen molar-refractivity contribution < 1.29 is 9.90 Å². The number of carboxylic acid groups (broad SMARTS) is 1. The van der Waals surface area contributed by atoms with E-state index in [0.717, 1.165) is 29.1 Å². The number of rotatable bonds is 4. The van der Waals surface area contributed by atoms with E-state index in [4.69, 9.17) is 15.6 Å². The first-order valence-corrected chi connectivity index (χ1v) is 10.9. The summed E-state index contributed by atoms with van der Waals surface area (Å²) in [5.74, 6) is 0.0604. The van der Waals surface area contributed by atoms with Crippen LogP contribution in [0.15, 0.2) is 60.2 Å². The monoisotopic (exact) mass is 450 g/mol. The van der Waals surface area contributed by atoms with Gasteiger partial charge in [-0.3, -0.25) is 9.89 Å². The molecule has 8 nitrogen and oxygen atoms in total. The summed E-state index contributed by atoms with van der Waals surface area (Å²) in [6.07, 6.45) is 3.46. The molecule has 4 heterocycles. The second-order valence-electron chi connectivity index (χ2n) is 6.44. The third-order valence-electron chi connectivity index (χ3n) is 4.13. The maximum absolute atomic E-state index is 9.00. The minimum Gasteiger partial charge on any atom is -0.481 e. The largest absolute Gasteiger partial charge is 0.481 e. The van der Waals surface area contributed by atoms with Gasteiger partial charge in [-0.2, -0.15) is 10.1 Å². The third kappa shape index (κ3) is 4.87. The van der Waals surface area contributed by atoms with Crippen molar-refractivity contribution in [2.45, 2.75) is 6.92 Å². The van der Waals surface area contributed by atoms with Crippen molar-refractivity contribution in [3.8, 4) is 20.2 Å². The molecule has 10 heteroatoms. The summed E-state index contributed by atoms with van der Waals surface area (Å²) in [6, 6.07) is 14.5. The lowest BCUT2D eigenvalue weighted by atomic mass is 10.1. The van der Waals surface area contributed by atoms with Gasteiger partial charge in [-0.05, 0) is 41.8 Å². The first-order valence-electron chi connectivity index (χ1n) is 9.16. The summed E-state index contributed by atoms with van der Waals surface area (Å²) >= 11 is 3.52. The highest BCUT2D eigenvalue weighted by molar-refractivity contribution is 7.23. The standard InChI is InChI=1S/C19H14N6S2.C2H4O2/c20-19-21-6-5-17(24-19)23-12-8-11-10-22-25-18(11)13(9-12)14-3-4-16(27-14)15-2-1-7-26-15;1-2(3)4/h1-10H,(H,22,25)(H3,20,21,23,24);1H3,(H,3,4). The minimum absolute atomic E-state index is 0.239. The molecule has 0 aliphatic heterocycles. The van der Waals surface area contributed by atoms with Crippen molar-refractivity contribution >= 4 is 57.0 Å². The summed E-state index contributed by atoms with van der Waals surface area (Å²) in [6.45, 7) is 1.08. The number of nitrogens with one attached hydrogen (secondary N) is 2. The average molecular weight is 451 g/mol. The molecule has 0 atom stereocenters. The van der Waals surface area contributed by atoms with Gasteiger partial charge in [0.05, 0.1) is 11.7 Å².